The monoisotopic (exact) mass is 153 g/mol. The molecule has 0 rings (SSSR count). The second-order valence-electron chi connectivity index (χ2n) is 2.81. The summed E-state index contributed by atoms with van der Waals surface area (Å²) in [6.07, 6.45) is 0. The molecule has 62 valence electrons. The lowest BCUT2D eigenvalue weighted by Gasteiger charge is -2.31. The molecule has 0 bridgehead atoms. The van der Waals surface area contributed by atoms with Gasteiger partial charge in [0.1, 0.15) is 0 Å². The molecule has 0 saturated heterocycles. The zero-order valence-corrected chi connectivity index (χ0v) is 6.19. The number of hydrogen-bond acceptors (Lipinski definition) is 2. The van der Waals surface area contributed by atoms with Crippen molar-refractivity contribution in [3.8, 4) is 0 Å². The maximum Gasteiger partial charge on any atom is 0.254 e. The lowest BCUT2D eigenvalue weighted by molar-refractivity contribution is -0.114. The van der Waals surface area contributed by atoms with Crippen LogP contribution in [0.4, 0.5) is 8.78 Å². The predicted molar refractivity (Wildman–Crippen MR) is 34.9 cm³/mol. The third kappa shape index (κ3) is 1.64. The quantitative estimate of drug-likeness (QED) is 0.623. The number of rotatable bonds is 3. The fourth-order valence-electron chi connectivity index (χ4n) is 0.383. The topological polar surface area (TPSA) is 46.2 Å². The largest absolute Gasteiger partial charge is 0.396 e. The molecule has 0 aromatic heterocycles. The molecule has 0 aliphatic heterocycles. The minimum absolute atomic E-state index is 0.215. The second-order valence-corrected chi connectivity index (χ2v) is 2.81. The Balaban J connectivity index is 4.33. The van der Waals surface area contributed by atoms with Crippen molar-refractivity contribution in [3.63, 3.8) is 0 Å². The Labute approximate surface area is 59.0 Å². The molecule has 0 radical (unpaired) electrons. The van der Waals surface area contributed by atoms with Gasteiger partial charge < -0.3 is 10.8 Å². The molecule has 0 heterocycles. The highest BCUT2D eigenvalue weighted by Crippen LogP contribution is 2.34. The molecule has 0 aliphatic rings. The number of halogens is 2. The van der Waals surface area contributed by atoms with Crippen molar-refractivity contribution in [3.05, 3.63) is 0 Å². The summed E-state index contributed by atoms with van der Waals surface area (Å²) in [5, 5.41) is 8.56. The zero-order valence-electron chi connectivity index (χ0n) is 6.19. The summed E-state index contributed by atoms with van der Waals surface area (Å²) in [5.74, 6) is -2.92. The van der Waals surface area contributed by atoms with Crippen LogP contribution in [0.15, 0.2) is 0 Å². The minimum Gasteiger partial charge on any atom is -0.396 e. The highest BCUT2D eigenvalue weighted by atomic mass is 19.3. The molecule has 0 amide bonds. The second kappa shape index (κ2) is 2.80. The average Bonchev–Trinajstić information content (AvgIpc) is 1.84. The van der Waals surface area contributed by atoms with Crippen molar-refractivity contribution in [1.29, 1.82) is 0 Å². The molecule has 0 saturated carbocycles. The highest BCUT2D eigenvalue weighted by Gasteiger charge is 2.44. The molecule has 0 aromatic carbocycles. The van der Waals surface area contributed by atoms with Gasteiger partial charge in [0.15, 0.2) is 0 Å². The highest BCUT2D eigenvalue weighted by molar-refractivity contribution is 4.85. The van der Waals surface area contributed by atoms with Gasteiger partial charge >= 0.3 is 0 Å². The van der Waals surface area contributed by atoms with Crippen LogP contribution in [0, 0.1) is 5.41 Å². The first kappa shape index (κ1) is 9.78. The molecule has 0 aromatic rings. The fraction of sp³-hybridized carbons (Fsp3) is 1.00. The molecular formula is C6H13F2NO. The van der Waals surface area contributed by atoms with Gasteiger partial charge in [-0.05, 0) is 0 Å². The molecule has 3 N–H and O–H groups in total. The van der Waals surface area contributed by atoms with Gasteiger partial charge in [-0.2, -0.15) is 0 Å². The normalized spacial score (nSPS) is 18.6. The van der Waals surface area contributed by atoms with Gasteiger partial charge in [-0.1, -0.05) is 6.92 Å². The van der Waals surface area contributed by atoms with Crippen LogP contribution in [0.25, 0.3) is 0 Å². The molecule has 0 spiro atoms. The lowest BCUT2D eigenvalue weighted by atomic mass is 9.85. The zero-order chi connectivity index (χ0) is 8.41. The number of aliphatic hydroxyl groups excluding tert-OH is 1. The summed E-state index contributed by atoms with van der Waals surface area (Å²) in [5.41, 5.74) is 3.58. The van der Waals surface area contributed by atoms with Crippen LogP contribution in [-0.2, 0) is 0 Å². The van der Waals surface area contributed by atoms with Gasteiger partial charge in [-0.3, -0.25) is 0 Å². The van der Waals surface area contributed by atoms with E-state index in [1.807, 2.05) is 0 Å². The van der Waals surface area contributed by atoms with Crippen LogP contribution in [-0.4, -0.2) is 24.2 Å². The van der Waals surface area contributed by atoms with Crippen LogP contribution in [0.2, 0.25) is 0 Å². The van der Waals surface area contributed by atoms with Crippen LogP contribution in [0.1, 0.15) is 13.8 Å². The van der Waals surface area contributed by atoms with Gasteiger partial charge in [-0.25, -0.2) is 8.78 Å². The van der Waals surface area contributed by atoms with Crippen molar-refractivity contribution in [2.45, 2.75) is 19.8 Å². The van der Waals surface area contributed by atoms with Crippen LogP contribution < -0.4 is 5.73 Å². The van der Waals surface area contributed by atoms with Crippen molar-refractivity contribution in [1.82, 2.24) is 0 Å². The fourth-order valence-corrected chi connectivity index (χ4v) is 0.383. The maximum atomic E-state index is 12.5. The third-order valence-corrected chi connectivity index (χ3v) is 1.86. The Kier molecular flexibility index (Phi) is 2.74. The van der Waals surface area contributed by atoms with Crippen LogP contribution >= 0.6 is 0 Å². The standard InChI is InChI=1S/C6H13F2NO/c1-5(3-9,4-10)6(2,7)8/h10H,3-4,9H2,1-2H3. The maximum absolute atomic E-state index is 12.5. The van der Waals surface area contributed by atoms with E-state index in [0.717, 1.165) is 6.92 Å². The molecule has 0 aliphatic carbocycles. The van der Waals surface area contributed by atoms with E-state index in [1.54, 1.807) is 0 Å². The van der Waals surface area contributed by atoms with Crippen LogP contribution in [0.3, 0.4) is 0 Å². The van der Waals surface area contributed by atoms with Gasteiger partial charge in [0.05, 0.1) is 12.0 Å². The van der Waals surface area contributed by atoms with Gasteiger partial charge in [0, 0.05) is 13.5 Å². The number of aliphatic hydroxyl groups is 1. The van der Waals surface area contributed by atoms with Crippen molar-refractivity contribution in [2.24, 2.45) is 11.1 Å². The first-order valence-corrected chi connectivity index (χ1v) is 3.06. The summed E-state index contributed by atoms with van der Waals surface area (Å²) in [6.45, 7) is 1.21. The van der Waals surface area contributed by atoms with E-state index in [2.05, 4.69) is 0 Å². The van der Waals surface area contributed by atoms with Gasteiger partial charge in [-0.15, -0.1) is 0 Å². The van der Waals surface area contributed by atoms with Gasteiger partial charge in [0.25, 0.3) is 5.92 Å². The SMILES string of the molecule is CC(F)(F)C(C)(CN)CO. The van der Waals surface area contributed by atoms with E-state index in [0.29, 0.717) is 0 Å². The van der Waals surface area contributed by atoms with Crippen molar-refractivity contribution >= 4 is 0 Å². The Morgan fingerprint density at radius 2 is 1.80 bits per heavy atom. The summed E-state index contributed by atoms with van der Waals surface area (Å²) in [6, 6.07) is 0. The Morgan fingerprint density at radius 1 is 1.40 bits per heavy atom. The summed E-state index contributed by atoms with van der Waals surface area (Å²) < 4.78 is 25.1. The van der Waals surface area contributed by atoms with E-state index < -0.39 is 17.9 Å². The Bertz CT molecular complexity index is 107. The molecule has 4 heteroatoms. The molecule has 10 heavy (non-hydrogen) atoms. The Hall–Kier alpha value is -0.220. The Morgan fingerprint density at radius 3 is 1.80 bits per heavy atom. The number of hydrogen-bond donors (Lipinski definition) is 2. The first-order valence-electron chi connectivity index (χ1n) is 3.06. The molecular weight excluding hydrogens is 140 g/mol. The summed E-state index contributed by atoms with van der Waals surface area (Å²) in [4.78, 5) is 0. The molecule has 1 atom stereocenters. The predicted octanol–water partition coefficient (Wildman–Crippen LogP) is 0.599. The van der Waals surface area contributed by atoms with E-state index in [4.69, 9.17) is 10.8 Å². The van der Waals surface area contributed by atoms with Gasteiger partial charge in [0.2, 0.25) is 0 Å². The van der Waals surface area contributed by atoms with E-state index >= 15 is 0 Å². The third-order valence-electron chi connectivity index (χ3n) is 1.86. The smallest absolute Gasteiger partial charge is 0.254 e. The first-order chi connectivity index (χ1) is 4.37. The summed E-state index contributed by atoms with van der Waals surface area (Å²) >= 11 is 0. The van der Waals surface area contributed by atoms with Crippen molar-refractivity contribution < 1.29 is 13.9 Å². The summed E-state index contributed by atoms with van der Waals surface area (Å²) in [7, 11) is 0. The average molecular weight is 153 g/mol. The lowest BCUT2D eigenvalue weighted by Crippen LogP contribution is -2.45. The van der Waals surface area contributed by atoms with Crippen LogP contribution in [0.5, 0.6) is 0 Å². The number of nitrogens with two attached hydrogens (primary N) is 1. The minimum atomic E-state index is -2.92. The number of alkyl halides is 2. The van der Waals surface area contributed by atoms with E-state index in [-0.39, 0.29) is 6.54 Å². The van der Waals surface area contributed by atoms with Crippen molar-refractivity contribution in [2.75, 3.05) is 13.2 Å². The van der Waals surface area contributed by atoms with E-state index in [1.165, 1.54) is 6.92 Å². The molecule has 2 nitrogen and oxygen atoms in total. The molecule has 1 unspecified atom stereocenters. The molecule has 0 fully saturated rings. The van der Waals surface area contributed by atoms with E-state index in [9.17, 15) is 8.78 Å².